The van der Waals surface area contributed by atoms with Crippen molar-refractivity contribution in [2.75, 3.05) is 18.1 Å². The number of anilines is 1. The molecule has 6 nitrogen and oxygen atoms in total. The molecule has 0 radical (unpaired) electrons. The molecular weight excluding hydrogens is 447 g/mol. The Morgan fingerprint density at radius 3 is 2.21 bits per heavy atom. The summed E-state index contributed by atoms with van der Waals surface area (Å²) >= 11 is 5.87. The summed E-state index contributed by atoms with van der Waals surface area (Å²) in [4.78, 5) is 39.5. The van der Waals surface area contributed by atoms with Crippen LogP contribution in [0.3, 0.4) is 0 Å². The molecule has 0 saturated heterocycles. The molecule has 0 fully saturated rings. The molecule has 0 aliphatic heterocycles. The van der Waals surface area contributed by atoms with Crippen LogP contribution in [-0.2, 0) is 9.53 Å². The Hall–Kier alpha value is -4.02. The fourth-order valence-electron chi connectivity index (χ4n) is 3.08. The predicted octanol–water partition coefficient (Wildman–Crippen LogP) is 4.81. The third-order valence-corrected chi connectivity index (χ3v) is 4.96. The number of rotatable bonds is 8. The Kier molecular flexibility index (Phi) is 7.90. The Bertz CT molecular complexity index is 1200. The normalized spacial score (nSPS) is 10.2. The number of carbonyl (C=O) groups excluding carboxylic acids is 3. The Morgan fingerprint density at radius 1 is 0.939 bits per heavy atom. The highest BCUT2D eigenvalue weighted by Crippen LogP contribution is 2.19. The van der Waals surface area contributed by atoms with E-state index in [1.54, 1.807) is 36.4 Å². The average Bonchev–Trinajstić information content (AvgIpc) is 2.83. The number of ketones is 1. The van der Waals surface area contributed by atoms with Crippen LogP contribution in [0.5, 0.6) is 0 Å². The summed E-state index contributed by atoms with van der Waals surface area (Å²) in [5.41, 5.74) is 0.841. The van der Waals surface area contributed by atoms with Crippen LogP contribution < -0.4 is 4.90 Å². The van der Waals surface area contributed by atoms with E-state index in [1.165, 1.54) is 41.3 Å². The van der Waals surface area contributed by atoms with Gasteiger partial charge in [0, 0.05) is 28.4 Å². The van der Waals surface area contributed by atoms with E-state index in [0.717, 1.165) is 0 Å². The minimum Gasteiger partial charge on any atom is -0.452 e. The summed E-state index contributed by atoms with van der Waals surface area (Å²) in [6.07, 6.45) is 0.0372. The smallest absolute Gasteiger partial charge is 0.339 e. The number of halogens is 2. The number of benzene rings is 3. The van der Waals surface area contributed by atoms with Crippen molar-refractivity contribution in [3.63, 3.8) is 0 Å². The third kappa shape index (κ3) is 6.03. The first-order valence-corrected chi connectivity index (χ1v) is 10.3. The minimum absolute atomic E-state index is 0.00982. The molecule has 3 rings (SSSR count). The molecule has 3 aromatic carbocycles. The van der Waals surface area contributed by atoms with Gasteiger partial charge in [0.2, 0.25) is 0 Å². The van der Waals surface area contributed by atoms with E-state index in [9.17, 15) is 18.8 Å². The van der Waals surface area contributed by atoms with Crippen molar-refractivity contribution >= 4 is 34.9 Å². The number of hydrogen-bond donors (Lipinski definition) is 0. The van der Waals surface area contributed by atoms with Crippen molar-refractivity contribution in [1.29, 1.82) is 5.26 Å². The van der Waals surface area contributed by atoms with Gasteiger partial charge in [-0.1, -0.05) is 29.8 Å². The number of nitrogens with zero attached hydrogens (tertiary/aromatic N) is 2. The molecule has 0 atom stereocenters. The van der Waals surface area contributed by atoms with Crippen molar-refractivity contribution in [2.45, 2.75) is 6.42 Å². The third-order valence-electron chi connectivity index (χ3n) is 4.71. The Morgan fingerprint density at radius 2 is 1.58 bits per heavy atom. The number of carbonyl (C=O) groups is 3. The van der Waals surface area contributed by atoms with Gasteiger partial charge in [0.1, 0.15) is 5.82 Å². The molecular formula is C25H18ClFN2O4. The number of ether oxygens (including phenoxy) is 1. The molecule has 0 N–H and O–H groups in total. The van der Waals surface area contributed by atoms with Gasteiger partial charge >= 0.3 is 5.97 Å². The maximum atomic E-state index is 13.2. The maximum absolute atomic E-state index is 13.2. The number of hydrogen-bond acceptors (Lipinski definition) is 5. The van der Waals surface area contributed by atoms with Crippen LogP contribution in [-0.4, -0.2) is 30.8 Å². The molecule has 0 aliphatic carbocycles. The SMILES string of the molecule is N#CCCN(C(=O)COC(=O)c1ccccc1C(=O)c1ccc(Cl)cc1)c1ccc(F)cc1. The van der Waals surface area contributed by atoms with Crippen LogP contribution >= 0.6 is 11.6 Å². The molecule has 0 bridgehead atoms. The molecule has 0 aliphatic rings. The van der Waals surface area contributed by atoms with Gasteiger partial charge in [-0.2, -0.15) is 5.26 Å². The zero-order chi connectivity index (χ0) is 23.8. The molecule has 3 aromatic rings. The molecule has 0 heterocycles. The number of amides is 1. The van der Waals surface area contributed by atoms with E-state index in [4.69, 9.17) is 21.6 Å². The molecule has 0 saturated carbocycles. The number of esters is 1. The van der Waals surface area contributed by atoms with Gasteiger partial charge in [-0.3, -0.25) is 9.59 Å². The van der Waals surface area contributed by atoms with Gasteiger partial charge in [0.15, 0.2) is 12.4 Å². The lowest BCUT2D eigenvalue weighted by Crippen LogP contribution is -2.35. The Balaban J connectivity index is 1.75. The van der Waals surface area contributed by atoms with Crippen molar-refractivity contribution in [3.8, 4) is 6.07 Å². The largest absolute Gasteiger partial charge is 0.452 e. The van der Waals surface area contributed by atoms with Gasteiger partial charge in [-0.15, -0.1) is 0 Å². The molecule has 0 unspecified atom stereocenters. The lowest BCUT2D eigenvalue weighted by Gasteiger charge is -2.21. The highest BCUT2D eigenvalue weighted by molar-refractivity contribution is 6.30. The van der Waals surface area contributed by atoms with E-state index in [1.807, 2.05) is 6.07 Å². The van der Waals surface area contributed by atoms with Crippen LogP contribution in [0.1, 0.15) is 32.7 Å². The highest BCUT2D eigenvalue weighted by atomic mass is 35.5. The molecule has 0 spiro atoms. The van der Waals surface area contributed by atoms with Gasteiger partial charge in [0.25, 0.3) is 5.91 Å². The lowest BCUT2D eigenvalue weighted by molar-refractivity contribution is -0.121. The first-order valence-electron chi connectivity index (χ1n) is 9.90. The predicted molar refractivity (Wildman–Crippen MR) is 121 cm³/mol. The van der Waals surface area contributed by atoms with Crippen LogP contribution in [0.15, 0.2) is 72.8 Å². The summed E-state index contributed by atoms with van der Waals surface area (Å²) < 4.78 is 18.4. The quantitative estimate of drug-likeness (QED) is 0.352. The van der Waals surface area contributed by atoms with Crippen LogP contribution in [0.2, 0.25) is 5.02 Å². The van der Waals surface area contributed by atoms with Crippen molar-refractivity contribution in [3.05, 3.63) is 100 Å². The summed E-state index contributed by atoms with van der Waals surface area (Å²) in [6.45, 7) is -0.574. The average molecular weight is 465 g/mol. The maximum Gasteiger partial charge on any atom is 0.339 e. The van der Waals surface area contributed by atoms with Crippen LogP contribution in [0, 0.1) is 17.1 Å². The second-order valence-corrected chi connectivity index (χ2v) is 7.32. The standard InChI is InChI=1S/C25H18ClFN2O4/c26-18-8-6-17(7-9-18)24(31)21-4-1-2-5-22(21)25(32)33-16-23(30)29(15-3-14-28)20-12-10-19(27)11-13-20/h1-2,4-13H,3,15-16H2. The molecule has 166 valence electrons. The first kappa shape index (κ1) is 23.6. The summed E-state index contributed by atoms with van der Waals surface area (Å²) in [5.74, 6) is -2.31. The van der Waals surface area contributed by atoms with E-state index in [0.29, 0.717) is 16.3 Å². The van der Waals surface area contributed by atoms with Gasteiger partial charge in [-0.05, 0) is 54.6 Å². The van der Waals surface area contributed by atoms with E-state index in [-0.39, 0.29) is 24.1 Å². The molecule has 0 aromatic heterocycles. The van der Waals surface area contributed by atoms with Gasteiger partial charge < -0.3 is 9.64 Å². The highest BCUT2D eigenvalue weighted by Gasteiger charge is 2.22. The monoisotopic (exact) mass is 464 g/mol. The second-order valence-electron chi connectivity index (χ2n) is 6.89. The van der Waals surface area contributed by atoms with E-state index < -0.39 is 30.1 Å². The van der Waals surface area contributed by atoms with Crippen molar-refractivity contribution < 1.29 is 23.5 Å². The molecule has 8 heteroatoms. The Labute approximate surface area is 194 Å². The summed E-state index contributed by atoms with van der Waals surface area (Å²) in [7, 11) is 0. The summed E-state index contributed by atoms with van der Waals surface area (Å²) in [6, 6.07) is 19.5. The first-order chi connectivity index (χ1) is 15.9. The molecule has 1 amide bonds. The summed E-state index contributed by atoms with van der Waals surface area (Å²) in [5, 5.41) is 9.35. The van der Waals surface area contributed by atoms with Crippen LogP contribution in [0.4, 0.5) is 10.1 Å². The van der Waals surface area contributed by atoms with Crippen molar-refractivity contribution in [1.82, 2.24) is 0 Å². The van der Waals surface area contributed by atoms with Crippen molar-refractivity contribution in [2.24, 2.45) is 0 Å². The zero-order valence-corrected chi connectivity index (χ0v) is 18.1. The van der Waals surface area contributed by atoms with E-state index in [2.05, 4.69) is 0 Å². The topological polar surface area (TPSA) is 87.5 Å². The van der Waals surface area contributed by atoms with Gasteiger partial charge in [-0.25, -0.2) is 9.18 Å². The molecule has 33 heavy (non-hydrogen) atoms. The van der Waals surface area contributed by atoms with Crippen LogP contribution in [0.25, 0.3) is 0 Å². The minimum atomic E-state index is -0.847. The fourth-order valence-corrected chi connectivity index (χ4v) is 3.21. The lowest BCUT2D eigenvalue weighted by atomic mass is 9.98. The number of nitriles is 1. The zero-order valence-electron chi connectivity index (χ0n) is 17.3. The second kappa shape index (κ2) is 11.0. The van der Waals surface area contributed by atoms with E-state index >= 15 is 0 Å². The fraction of sp³-hybridized carbons (Fsp3) is 0.120. The van der Waals surface area contributed by atoms with Gasteiger partial charge in [0.05, 0.1) is 18.1 Å².